The Morgan fingerprint density at radius 1 is 1.36 bits per heavy atom. The van der Waals surface area contributed by atoms with Crippen LogP contribution in [0.1, 0.15) is 28.8 Å². The number of likely N-dealkylation sites (tertiary alicyclic amines) is 1. The number of benzene rings is 1. The molecule has 2 amide bonds. The highest BCUT2D eigenvalue weighted by molar-refractivity contribution is 7.11. The van der Waals surface area contributed by atoms with E-state index in [2.05, 4.69) is 15.5 Å². The molecule has 1 aliphatic rings. The molecular weight excluding hydrogens is 303 g/mol. The van der Waals surface area contributed by atoms with Crippen LogP contribution in [0, 0.1) is 12.7 Å². The summed E-state index contributed by atoms with van der Waals surface area (Å²) in [5, 5.41) is 13.0. The van der Waals surface area contributed by atoms with E-state index in [0.29, 0.717) is 12.2 Å². The van der Waals surface area contributed by atoms with E-state index in [4.69, 9.17) is 0 Å². The first kappa shape index (κ1) is 14.9. The van der Waals surface area contributed by atoms with Gasteiger partial charge in [-0.25, -0.2) is 9.18 Å². The van der Waals surface area contributed by atoms with Gasteiger partial charge in [0.15, 0.2) is 0 Å². The lowest BCUT2D eigenvalue weighted by molar-refractivity contribution is 0.192. The molecule has 1 unspecified atom stereocenters. The molecule has 2 aromatic rings. The molecule has 116 valence electrons. The number of anilines is 1. The smallest absolute Gasteiger partial charge is 0.321 e. The fourth-order valence-corrected chi connectivity index (χ4v) is 3.40. The maximum Gasteiger partial charge on any atom is 0.321 e. The standard InChI is InChI=1S/C15H17FN4OS/c1-10-18-19-14(22-10)11-3-2-8-20(9-11)15(21)17-13-6-4-12(16)5-7-13/h4-7,11H,2-3,8-9H2,1H3,(H,17,21). The van der Waals surface area contributed by atoms with E-state index < -0.39 is 0 Å². The summed E-state index contributed by atoms with van der Waals surface area (Å²) >= 11 is 1.59. The predicted molar refractivity (Wildman–Crippen MR) is 83.6 cm³/mol. The Balaban J connectivity index is 1.63. The average molecular weight is 320 g/mol. The molecule has 1 fully saturated rings. The zero-order valence-electron chi connectivity index (χ0n) is 12.3. The molecule has 0 radical (unpaired) electrons. The van der Waals surface area contributed by atoms with Gasteiger partial charge in [-0.1, -0.05) is 0 Å². The van der Waals surface area contributed by atoms with Crippen LogP contribution in [0.3, 0.4) is 0 Å². The number of nitrogens with one attached hydrogen (secondary N) is 1. The molecule has 1 aromatic carbocycles. The Hall–Kier alpha value is -2.02. The quantitative estimate of drug-likeness (QED) is 0.922. The molecule has 1 saturated heterocycles. The summed E-state index contributed by atoms with van der Waals surface area (Å²) in [4.78, 5) is 14.1. The summed E-state index contributed by atoms with van der Waals surface area (Å²) in [6.45, 7) is 3.30. The van der Waals surface area contributed by atoms with Crippen molar-refractivity contribution >= 4 is 23.1 Å². The number of nitrogens with zero attached hydrogens (tertiary/aromatic N) is 3. The maximum absolute atomic E-state index is 12.9. The van der Waals surface area contributed by atoms with Crippen molar-refractivity contribution < 1.29 is 9.18 Å². The number of carbonyl (C=O) groups excluding carboxylic acids is 1. The molecule has 1 aliphatic heterocycles. The van der Waals surface area contributed by atoms with Crippen molar-refractivity contribution in [2.75, 3.05) is 18.4 Å². The van der Waals surface area contributed by atoms with Gasteiger partial charge in [0.05, 0.1) is 0 Å². The highest BCUT2D eigenvalue weighted by atomic mass is 32.1. The van der Waals surface area contributed by atoms with Gasteiger partial charge in [0.2, 0.25) is 0 Å². The Labute approximate surface area is 132 Å². The number of hydrogen-bond acceptors (Lipinski definition) is 4. The van der Waals surface area contributed by atoms with E-state index >= 15 is 0 Å². The van der Waals surface area contributed by atoms with E-state index in [9.17, 15) is 9.18 Å². The van der Waals surface area contributed by atoms with Crippen molar-refractivity contribution in [2.24, 2.45) is 0 Å². The van der Waals surface area contributed by atoms with Crippen molar-refractivity contribution in [2.45, 2.75) is 25.7 Å². The van der Waals surface area contributed by atoms with Crippen LogP contribution < -0.4 is 5.32 Å². The summed E-state index contributed by atoms with van der Waals surface area (Å²) in [5.74, 6) is -0.0680. The molecule has 1 N–H and O–H groups in total. The number of carbonyl (C=O) groups is 1. The molecule has 0 bridgehead atoms. The van der Waals surface area contributed by atoms with Crippen LogP contribution in [0.2, 0.25) is 0 Å². The Morgan fingerprint density at radius 3 is 2.82 bits per heavy atom. The van der Waals surface area contributed by atoms with Gasteiger partial charge in [0.1, 0.15) is 15.8 Å². The first-order valence-electron chi connectivity index (χ1n) is 7.23. The topological polar surface area (TPSA) is 58.1 Å². The summed E-state index contributed by atoms with van der Waals surface area (Å²) in [6.07, 6.45) is 1.97. The number of amides is 2. The molecule has 3 rings (SSSR count). The van der Waals surface area contributed by atoms with Crippen molar-refractivity contribution in [1.82, 2.24) is 15.1 Å². The Kier molecular flexibility index (Phi) is 4.33. The number of urea groups is 1. The van der Waals surface area contributed by atoms with E-state index in [1.54, 1.807) is 28.4 Å². The number of aryl methyl sites for hydroxylation is 1. The van der Waals surface area contributed by atoms with Crippen LogP contribution in [0.5, 0.6) is 0 Å². The summed E-state index contributed by atoms with van der Waals surface area (Å²) in [6, 6.07) is 5.63. The van der Waals surface area contributed by atoms with Crippen LogP contribution in [0.25, 0.3) is 0 Å². The summed E-state index contributed by atoms with van der Waals surface area (Å²) in [5.41, 5.74) is 0.597. The zero-order valence-corrected chi connectivity index (χ0v) is 13.1. The van der Waals surface area contributed by atoms with Gasteiger partial charge in [-0.15, -0.1) is 21.5 Å². The third-order valence-corrected chi connectivity index (χ3v) is 4.70. The first-order chi connectivity index (χ1) is 10.6. The molecule has 0 spiro atoms. The second-order valence-corrected chi connectivity index (χ2v) is 6.59. The van der Waals surface area contributed by atoms with Crippen LogP contribution in [0.4, 0.5) is 14.9 Å². The molecule has 0 saturated carbocycles. The normalized spacial score (nSPS) is 18.3. The largest absolute Gasteiger partial charge is 0.324 e. The van der Waals surface area contributed by atoms with Crippen LogP contribution in [-0.2, 0) is 0 Å². The van der Waals surface area contributed by atoms with Crippen molar-refractivity contribution in [3.8, 4) is 0 Å². The fraction of sp³-hybridized carbons (Fsp3) is 0.400. The summed E-state index contributed by atoms with van der Waals surface area (Å²) in [7, 11) is 0. The first-order valence-corrected chi connectivity index (χ1v) is 8.05. The van der Waals surface area contributed by atoms with Crippen molar-refractivity contribution in [3.05, 3.63) is 40.1 Å². The van der Waals surface area contributed by atoms with Crippen molar-refractivity contribution in [1.29, 1.82) is 0 Å². The minimum atomic E-state index is -0.317. The number of rotatable bonds is 2. The molecule has 1 atom stereocenters. The highest BCUT2D eigenvalue weighted by Gasteiger charge is 2.27. The minimum absolute atomic E-state index is 0.155. The minimum Gasteiger partial charge on any atom is -0.324 e. The van der Waals surface area contributed by atoms with Gasteiger partial charge in [0, 0.05) is 24.7 Å². The molecule has 7 heteroatoms. The second-order valence-electron chi connectivity index (χ2n) is 5.38. The number of hydrogen-bond donors (Lipinski definition) is 1. The maximum atomic E-state index is 12.9. The van der Waals surface area contributed by atoms with Crippen LogP contribution in [0.15, 0.2) is 24.3 Å². The lowest BCUT2D eigenvalue weighted by Gasteiger charge is -2.31. The van der Waals surface area contributed by atoms with Gasteiger partial charge < -0.3 is 10.2 Å². The monoisotopic (exact) mass is 320 g/mol. The molecular formula is C15H17FN4OS. The third-order valence-electron chi connectivity index (χ3n) is 3.69. The van der Waals surface area contributed by atoms with Gasteiger partial charge in [0.25, 0.3) is 0 Å². The zero-order chi connectivity index (χ0) is 15.5. The van der Waals surface area contributed by atoms with Gasteiger partial charge in [-0.3, -0.25) is 0 Å². The number of piperidine rings is 1. The average Bonchev–Trinajstić information content (AvgIpc) is 2.96. The van der Waals surface area contributed by atoms with Gasteiger partial charge in [-0.05, 0) is 44.0 Å². The molecule has 22 heavy (non-hydrogen) atoms. The molecule has 2 heterocycles. The number of aromatic nitrogens is 2. The lowest BCUT2D eigenvalue weighted by atomic mass is 9.99. The van der Waals surface area contributed by atoms with E-state index in [1.165, 1.54) is 12.1 Å². The van der Waals surface area contributed by atoms with E-state index in [0.717, 1.165) is 29.4 Å². The lowest BCUT2D eigenvalue weighted by Crippen LogP contribution is -2.41. The van der Waals surface area contributed by atoms with Gasteiger partial charge in [-0.2, -0.15) is 0 Å². The SMILES string of the molecule is Cc1nnc(C2CCCN(C(=O)Nc3ccc(F)cc3)C2)s1. The predicted octanol–water partition coefficient (Wildman–Crippen LogP) is 3.40. The molecule has 0 aliphatic carbocycles. The Bertz CT molecular complexity index is 658. The summed E-state index contributed by atoms with van der Waals surface area (Å²) < 4.78 is 12.9. The number of halogens is 1. The van der Waals surface area contributed by atoms with Gasteiger partial charge >= 0.3 is 6.03 Å². The second kappa shape index (κ2) is 6.39. The van der Waals surface area contributed by atoms with E-state index in [-0.39, 0.29) is 17.8 Å². The van der Waals surface area contributed by atoms with Crippen LogP contribution in [-0.4, -0.2) is 34.2 Å². The van der Waals surface area contributed by atoms with Crippen molar-refractivity contribution in [3.63, 3.8) is 0 Å². The molecule has 5 nitrogen and oxygen atoms in total. The fourth-order valence-electron chi connectivity index (χ4n) is 2.58. The highest BCUT2D eigenvalue weighted by Crippen LogP contribution is 2.29. The molecule has 1 aromatic heterocycles. The van der Waals surface area contributed by atoms with E-state index in [1.807, 2.05) is 6.92 Å². The van der Waals surface area contributed by atoms with Crippen LogP contribution >= 0.6 is 11.3 Å². The third kappa shape index (κ3) is 3.41. The Morgan fingerprint density at radius 2 is 2.14 bits per heavy atom.